The number of allylic oxidation sites excluding steroid dienone is 4. The quantitative estimate of drug-likeness (QED) is 0.332. The van der Waals surface area contributed by atoms with Crippen LogP contribution in [0.5, 0.6) is 0 Å². The Labute approximate surface area is 200 Å². The lowest BCUT2D eigenvalue weighted by Gasteiger charge is -2.60. The summed E-state index contributed by atoms with van der Waals surface area (Å²) in [6.45, 7) is 15.7. The van der Waals surface area contributed by atoms with Crippen LogP contribution in [-0.2, 0) is 14.4 Å². The highest BCUT2D eigenvalue weighted by atomic mass is 16.1. The molecule has 0 aromatic heterocycles. The molecule has 0 radical (unpaired) electrons. The molecular formula is C30H44O3. The minimum atomic E-state index is -0.414. The fourth-order valence-corrected chi connectivity index (χ4v) is 8.94. The van der Waals surface area contributed by atoms with Crippen LogP contribution in [0.15, 0.2) is 22.8 Å². The Morgan fingerprint density at radius 1 is 1.06 bits per heavy atom. The summed E-state index contributed by atoms with van der Waals surface area (Å²) in [6.07, 6.45) is 11.6. The van der Waals surface area contributed by atoms with Gasteiger partial charge in [-0.15, -0.1) is 0 Å². The van der Waals surface area contributed by atoms with E-state index in [1.807, 2.05) is 6.92 Å². The van der Waals surface area contributed by atoms with Crippen LogP contribution in [0.2, 0.25) is 0 Å². The van der Waals surface area contributed by atoms with Gasteiger partial charge in [0.2, 0.25) is 0 Å². The molecule has 2 saturated carbocycles. The second-order valence-corrected chi connectivity index (χ2v) is 13.1. The lowest BCUT2D eigenvalue weighted by atomic mass is 9.43. The van der Waals surface area contributed by atoms with Gasteiger partial charge in [0, 0.05) is 29.2 Å². The first-order valence-corrected chi connectivity index (χ1v) is 13.3. The number of ketones is 2. The van der Waals surface area contributed by atoms with E-state index in [-0.39, 0.29) is 22.2 Å². The van der Waals surface area contributed by atoms with Crippen molar-refractivity contribution in [2.24, 2.45) is 39.4 Å². The molecule has 4 aliphatic rings. The third-order valence-corrected chi connectivity index (χ3v) is 11.3. The van der Waals surface area contributed by atoms with Crippen molar-refractivity contribution in [2.75, 3.05) is 0 Å². The van der Waals surface area contributed by atoms with Crippen molar-refractivity contribution in [1.29, 1.82) is 0 Å². The first-order valence-electron chi connectivity index (χ1n) is 13.3. The summed E-state index contributed by atoms with van der Waals surface area (Å²) in [5, 5.41) is 0. The van der Waals surface area contributed by atoms with E-state index in [4.69, 9.17) is 0 Å². The molecule has 0 bridgehead atoms. The molecule has 0 heterocycles. The van der Waals surface area contributed by atoms with Crippen molar-refractivity contribution in [2.45, 2.75) is 106 Å². The number of hydrogen-bond acceptors (Lipinski definition) is 3. The van der Waals surface area contributed by atoms with Crippen molar-refractivity contribution in [3.63, 3.8) is 0 Å². The Kier molecular flexibility index (Phi) is 5.98. The average molecular weight is 453 g/mol. The van der Waals surface area contributed by atoms with Crippen molar-refractivity contribution >= 4 is 17.9 Å². The number of Topliss-reactive ketones (excluding diaryl/α,β-unsaturated/α-hetero) is 2. The van der Waals surface area contributed by atoms with Gasteiger partial charge in [-0.1, -0.05) is 53.2 Å². The summed E-state index contributed by atoms with van der Waals surface area (Å²) in [6, 6.07) is 0. The first-order chi connectivity index (χ1) is 15.3. The molecule has 33 heavy (non-hydrogen) atoms. The van der Waals surface area contributed by atoms with Crippen molar-refractivity contribution in [3.8, 4) is 0 Å². The fraction of sp³-hybridized carbons (Fsp3) is 0.767. The normalized spacial score (nSPS) is 41.4. The predicted octanol–water partition coefficient (Wildman–Crippen LogP) is 7.05. The molecule has 0 spiro atoms. The second kappa shape index (κ2) is 8.02. The molecule has 0 amide bonds. The molecule has 0 N–H and O–H groups in total. The number of fused-ring (bicyclic) bond motifs is 4. The Morgan fingerprint density at radius 2 is 1.76 bits per heavy atom. The maximum Gasteiger partial charge on any atom is 0.159 e. The fourth-order valence-electron chi connectivity index (χ4n) is 8.94. The zero-order valence-corrected chi connectivity index (χ0v) is 22.0. The Bertz CT molecular complexity index is 936. The van der Waals surface area contributed by atoms with Gasteiger partial charge in [-0.3, -0.25) is 14.4 Å². The number of hydrogen-bond donors (Lipinski definition) is 0. The van der Waals surface area contributed by atoms with Gasteiger partial charge in [-0.2, -0.15) is 0 Å². The highest BCUT2D eigenvalue weighted by Gasteiger charge is 2.65. The molecular weight excluding hydrogens is 408 g/mol. The van der Waals surface area contributed by atoms with Crippen LogP contribution in [0, 0.1) is 39.4 Å². The number of carbonyl (C=O) groups is 3. The smallest absolute Gasteiger partial charge is 0.159 e. The van der Waals surface area contributed by atoms with Gasteiger partial charge < -0.3 is 0 Å². The third-order valence-electron chi connectivity index (χ3n) is 11.3. The highest BCUT2D eigenvalue weighted by Crippen LogP contribution is 2.71. The van der Waals surface area contributed by atoms with E-state index in [9.17, 15) is 14.4 Å². The van der Waals surface area contributed by atoms with Gasteiger partial charge in [0.05, 0.1) is 0 Å². The Balaban J connectivity index is 1.68. The van der Waals surface area contributed by atoms with Crippen LogP contribution in [0.25, 0.3) is 0 Å². The number of aldehydes is 1. The molecule has 0 aliphatic heterocycles. The molecule has 1 unspecified atom stereocenters. The lowest BCUT2D eigenvalue weighted by molar-refractivity contribution is -0.142. The molecule has 0 aromatic rings. The van der Waals surface area contributed by atoms with Gasteiger partial charge >= 0.3 is 0 Å². The first kappa shape index (κ1) is 24.6. The predicted molar refractivity (Wildman–Crippen MR) is 133 cm³/mol. The van der Waals surface area contributed by atoms with Gasteiger partial charge in [-0.05, 0) is 86.0 Å². The summed E-state index contributed by atoms with van der Waals surface area (Å²) < 4.78 is 0. The Morgan fingerprint density at radius 3 is 2.42 bits per heavy atom. The monoisotopic (exact) mass is 452 g/mol. The van der Waals surface area contributed by atoms with Crippen LogP contribution in [0.1, 0.15) is 106 Å². The van der Waals surface area contributed by atoms with Gasteiger partial charge in [-0.25, -0.2) is 0 Å². The maximum absolute atomic E-state index is 13.9. The Hall–Kier alpha value is -1.51. The molecule has 2 fully saturated rings. The number of rotatable bonds is 5. The highest BCUT2D eigenvalue weighted by molar-refractivity contribution is 6.00. The lowest BCUT2D eigenvalue weighted by Crippen LogP contribution is -2.56. The minimum Gasteiger partial charge on any atom is -0.299 e. The molecule has 4 aliphatic carbocycles. The van der Waals surface area contributed by atoms with Crippen molar-refractivity contribution in [1.82, 2.24) is 0 Å². The standard InChI is InChI=1S/C30H44O3/c1-19(18-31)9-8-10-20(2)21-11-16-30(7)26-22(12-15-29(21,30)6)28(5)14-13-25(33)27(3,4)24(28)17-23(26)32/h9,18,20-21,24H,8,10-17H2,1-7H3/b19-9+/t20-,21-,24?,28-,29-,30+/m1/s1. The van der Waals surface area contributed by atoms with E-state index >= 15 is 0 Å². The number of carbonyl (C=O) groups excluding carboxylic acids is 3. The SMILES string of the molecule is C/C(C=O)=C\CC[C@@H](C)[C@H]1CC[C@@]2(C)C3=C(CC[C@]12C)[C@@]1(C)CCC(=O)C(C)(C)C1CC3=O. The molecule has 3 heteroatoms. The third kappa shape index (κ3) is 3.39. The van der Waals surface area contributed by atoms with E-state index in [1.165, 1.54) is 17.6 Å². The molecule has 0 aromatic carbocycles. The van der Waals surface area contributed by atoms with E-state index in [2.05, 4.69) is 47.6 Å². The summed E-state index contributed by atoms with van der Waals surface area (Å²) in [5.74, 6) is 1.98. The molecule has 182 valence electrons. The minimum absolute atomic E-state index is 0.0220. The van der Waals surface area contributed by atoms with E-state index in [0.29, 0.717) is 36.2 Å². The summed E-state index contributed by atoms with van der Waals surface area (Å²) >= 11 is 0. The van der Waals surface area contributed by atoms with E-state index in [1.54, 1.807) is 0 Å². The molecule has 6 atom stereocenters. The summed E-state index contributed by atoms with van der Waals surface area (Å²) in [7, 11) is 0. The van der Waals surface area contributed by atoms with Gasteiger partial charge in [0.1, 0.15) is 12.1 Å². The van der Waals surface area contributed by atoms with Gasteiger partial charge in [0.15, 0.2) is 5.78 Å². The maximum atomic E-state index is 13.9. The van der Waals surface area contributed by atoms with Crippen LogP contribution in [-0.4, -0.2) is 17.9 Å². The molecule has 3 nitrogen and oxygen atoms in total. The van der Waals surface area contributed by atoms with Crippen molar-refractivity contribution < 1.29 is 14.4 Å². The van der Waals surface area contributed by atoms with E-state index in [0.717, 1.165) is 50.4 Å². The molecule has 0 saturated heterocycles. The zero-order valence-electron chi connectivity index (χ0n) is 22.0. The van der Waals surface area contributed by atoms with Crippen LogP contribution in [0.3, 0.4) is 0 Å². The largest absolute Gasteiger partial charge is 0.299 e. The van der Waals surface area contributed by atoms with Crippen molar-refractivity contribution in [3.05, 3.63) is 22.8 Å². The van der Waals surface area contributed by atoms with Crippen LogP contribution >= 0.6 is 0 Å². The second-order valence-electron chi connectivity index (χ2n) is 13.1. The van der Waals surface area contributed by atoms with Gasteiger partial charge in [0.25, 0.3) is 0 Å². The van der Waals surface area contributed by atoms with Crippen LogP contribution < -0.4 is 0 Å². The topological polar surface area (TPSA) is 51.2 Å². The van der Waals surface area contributed by atoms with Crippen LogP contribution in [0.4, 0.5) is 0 Å². The summed E-state index contributed by atoms with van der Waals surface area (Å²) in [4.78, 5) is 37.6. The summed E-state index contributed by atoms with van der Waals surface area (Å²) in [5.41, 5.74) is 3.04. The zero-order chi connectivity index (χ0) is 24.4. The van der Waals surface area contributed by atoms with E-state index < -0.39 is 5.41 Å². The average Bonchev–Trinajstić information content (AvgIpc) is 3.04. The molecule has 4 rings (SSSR count).